The summed E-state index contributed by atoms with van der Waals surface area (Å²) >= 11 is 1.48. The molecule has 0 aliphatic rings. The van der Waals surface area contributed by atoms with Crippen molar-refractivity contribution in [2.45, 2.75) is 0 Å². The summed E-state index contributed by atoms with van der Waals surface area (Å²) in [4.78, 5) is 8.76. The van der Waals surface area contributed by atoms with Gasteiger partial charge in [0.05, 0.1) is 15.9 Å². The summed E-state index contributed by atoms with van der Waals surface area (Å²) in [7, 11) is 0. The van der Waals surface area contributed by atoms with Gasteiger partial charge < -0.3 is 0 Å². The van der Waals surface area contributed by atoms with Crippen molar-refractivity contribution in [3.05, 3.63) is 84.7 Å². The predicted molar refractivity (Wildman–Crippen MR) is 105 cm³/mol. The second kappa shape index (κ2) is 7.62. The molecule has 0 amide bonds. The number of fused-ring (bicyclic) bond motifs is 1. The number of para-hydroxylation sites is 2. The summed E-state index contributed by atoms with van der Waals surface area (Å²) in [6.07, 6.45) is 1.70. The molecule has 0 saturated carbocycles. The van der Waals surface area contributed by atoms with Crippen molar-refractivity contribution in [1.82, 2.24) is 9.97 Å². The number of pyridine rings is 1. The summed E-state index contributed by atoms with van der Waals surface area (Å²) in [6.45, 7) is 0. The van der Waals surface area contributed by atoms with E-state index in [4.69, 9.17) is 0 Å². The van der Waals surface area contributed by atoms with Crippen LogP contribution in [0.4, 0.5) is 10.8 Å². The van der Waals surface area contributed by atoms with Crippen molar-refractivity contribution in [3.8, 4) is 0 Å². The van der Waals surface area contributed by atoms with Gasteiger partial charge in [-0.1, -0.05) is 47.7 Å². The highest BCUT2D eigenvalue weighted by Crippen LogP contribution is 2.27. The minimum atomic E-state index is 0.383. The molecular weight excluding hydrogens is 344 g/mol. The third kappa shape index (κ3) is 3.79. The fourth-order valence-electron chi connectivity index (χ4n) is 2.25. The van der Waals surface area contributed by atoms with Gasteiger partial charge in [-0.05, 0) is 36.4 Å². The Morgan fingerprint density at radius 3 is 2.50 bits per heavy atom. The van der Waals surface area contributed by atoms with Crippen molar-refractivity contribution in [3.63, 3.8) is 0 Å². The Hall–Kier alpha value is -3.45. The van der Waals surface area contributed by atoms with E-state index in [-0.39, 0.29) is 0 Å². The normalized spacial score (nSPS) is 11.9. The highest BCUT2D eigenvalue weighted by molar-refractivity contribution is 7.21. The Labute approximate surface area is 154 Å². The second-order valence-electron chi connectivity index (χ2n) is 5.29. The van der Waals surface area contributed by atoms with Gasteiger partial charge in [0.15, 0.2) is 0 Å². The molecule has 4 aromatic rings. The van der Waals surface area contributed by atoms with E-state index in [9.17, 15) is 0 Å². The topological polar surface area (TPSA) is 74.9 Å². The average molecular weight is 358 g/mol. The zero-order valence-corrected chi connectivity index (χ0v) is 14.5. The summed E-state index contributed by atoms with van der Waals surface area (Å²) in [5.74, 6) is 0.383. The molecule has 0 aliphatic carbocycles. The van der Waals surface area contributed by atoms with Gasteiger partial charge in [-0.2, -0.15) is 5.10 Å². The van der Waals surface area contributed by atoms with Crippen molar-refractivity contribution < 1.29 is 0 Å². The Morgan fingerprint density at radius 1 is 0.885 bits per heavy atom. The van der Waals surface area contributed by atoms with E-state index in [0.717, 1.165) is 15.9 Å². The minimum absolute atomic E-state index is 0.383. The van der Waals surface area contributed by atoms with Gasteiger partial charge >= 0.3 is 0 Å². The van der Waals surface area contributed by atoms with E-state index < -0.39 is 0 Å². The van der Waals surface area contributed by atoms with Crippen LogP contribution in [-0.4, -0.2) is 15.8 Å². The molecule has 0 bridgehead atoms. The molecule has 0 aliphatic heterocycles. The maximum absolute atomic E-state index is 4.46. The lowest BCUT2D eigenvalue weighted by Crippen LogP contribution is -2.03. The molecule has 6 nitrogen and oxygen atoms in total. The maximum atomic E-state index is 4.46. The third-order valence-corrected chi connectivity index (χ3v) is 4.39. The third-order valence-electron chi connectivity index (χ3n) is 3.47. The second-order valence-corrected chi connectivity index (χ2v) is 6.30. The maximum Gasteiger partial charge on any atom is 0.231 e. The van der Waals surface area contributed by atoms with E-state index in [0.29, 0.717) is 16.7 Å². The number of aromatic nitrogens is 2. The zero-order valence-electron chi connectivity index (χ0n) is 13.6. The molecular formula is C19H14N6S. The van der Waals surface area contributed by atoms with Crippen LogP contribution in [0.15, 0.2) is 94.3 Å². The van der Waals surface area contributed by atoms with Crippen molar-refractivity contribution in [1.29, 1.82) is 0 Å². The Bertz CT molecular complexity index is 1020. The van der Waals surface area contributed by atoms with Crippen molar-refractivity contribution in [2.75, 3.05) is 5.43 Å². The van der Waals surface area contributed by atoms with E-state index in [2.05, 4.69) is 30.7 Å². The molecule has 0 spiro atoms. The molecule has 0 fully saturated rings. The summed E-state index contributed by atoms with van der Waals surface area (Å²) in [5.41, 5.74) is 5.37. The van der Waals surface area contributed by atoms with Crippen LogP contribution >= 0.6 is 11.3 Å². The number of amidine groups is 1. The van der Waals surface area contributed by atoms with Gasteiger partial charge in [-0.25, -0.2) is 4.98 Å². The predicted octanol–water partition coefficient (Wildman–Crippen LogP) is 5.25. The van der Waals surface area contributed by atoms with Crippen molar-refractivity contribution in [2.24, 2.45) is 15.3 Å². The van der Waals surface area contributed by atoms with Gasteiger partial charge in [-0.15, -0.1) is 10.2 Å². The van der Waals surface area contributed by atoms with Crippen LogP contribution in [0, 0.1) is 0 Å². The number of rotatable bonds is 4. The summed E-state index contributed by atoms with van der Waals surface area (Å²) in [6, 6.07) is 23.1. The zero-order chi connectivity index (χ0) is 17.6. The fourth-order valence-corrected chi connectivity index (χ4v) is 3.04. The molecule has 2 aromatic carbocycles. The molecule has 26 heavy (non-hydrogen) atoms. The van der Waals surface area contributed by atoms with Crippen LogP contribution in [0.3, 0.4) is 0 Å². The SMILES string of the molecule is c1ccc(NN=C(N=Nc2nc3ccccc3s2)c2ccccn2)cc1. The smallest absolute Gasteiger partial charge is 0.231 e. The molecule has 7 heteroatoms. The number of nitrogens with zero attached hydrogens (tertiary/aromatic N) is 5. The average Bonchev–Trinajstić information content (AvgIpc) is 3.12. The van der Waals surface area contributed by atoms with Gasteiger partial charge in [0.2, 0.25) is 11.0 Å². The molecule has 0 atom stereocenters. The summed E-state index contributed by atoms with van der Waals surface area (Å²) < 4.78 is 1.07. The van der Waals surface area contributed by atoms with Gasteiger partial charge in [0.25, 0.3) is 0 Å². The Balaban J connectivity index is 1.64. The first-order chi connectivity index (χ1) is 12.9. The lowest BCUT2D eigenvalue weighted by atomic mass is 10.3. The monoisotopic (exact) mass is 358 g/mol. The lowest BCUT2D eigenvalue weighted by Gasteiger charge is -2.02. The Kier molecular flexibility index (Phi) is 4.70. The number of anilines is 1. The van der Waals surface area contributed by atoms with Crippen LogP contribution in [0.25, 0.3) is 10.2 Å². The van der Waals surface area contributed by atoms with E-state index in [1.165, 1.54) is 11.3 Å². The highest BCUT2D eigenvalue weighted by atomic mass is 32.1. The first-order valence-corrected chi connectivity index (χ1v) is 8.77. The number of hydrazone groups is 1. The first kappa shape index (κ1) is 16.0. The minimum Gasteiger partial charge on any atom is -0.276 e. The number of thiazole rings is 1. The van der Waals surface area contributed by atoms with Crippen LogP contribution < -0.4 is 5.43 Å². The standard InChI is InChI=1S/C19H14N6S/c1-2-8-14(9-3-1)22-23-18(16-11-6-7-13-20-16)24-25-19-21-15-10-4-5-12-17(15)26-19/h1-13,22H. The van der Waals surface area contributed by atoms with Crippen LogP contribution in [0.2, 0.25) is 0 Å². The first-order valence-electron chi connectivity index (χ1n) is 7.96. The molecule has 0 saturated heterocycles. The number of azo groups is 1. The number of hydrogen-bond donors (Lipinski definition) is 1. The molecule has 2 aromatic heterocycles. The van der Waals surface area contributed by atoms with Crippen LogP contribution in [0.1, 0.15) is 5.69 Å². The number of nitrogens with one attached hydrogen (secondary N) is 1. The van der Waals surface area contributed by atoms with Gasteiger partial charge in [0.1, 0.15) is 5.69 Å². The molecule has 1 N–H and O–H groups in total. The lowest BCUT2D eigenvalue weighted by molar-refractivity contribution is 1.17. The largest absolute Gasteiger partial charge is 0.276 e. The van der Waals surface area contributed by atoms with E-state index in [1.807, 2.05) is 72.8 Å². The van der Waals surface area contributed by atoms with E-state index >= 15 is 0 Å². The van der Waals surface area contributed by atoms with Crippen LogP contribution in [0.5, 0.6) is 0 Å². The highest BCUT2D eigenvalue weighted by Gasteiger charge is 2.06. The number of benzene rings is 2. The summed E-state index contributed by atoms with van der Waals surface area (Å²) in [5, 5.41) is 13.5. The van der Waals surface area contributed by atoms with Crippen molar-refractivity contribution >= 4 is 38.2 Å². The number of hydrogen-bond acceptors (Lipinski definition) is 6. The quantitative estimate of drug-likeness (QED) is 0.234. The van der Waals surface area contributed by atoms with Gasteiger partial charge in [0, 0.05) is 6.20 Å². The molecule has 126 valence electrons. The molecule has 2 heterocycles. The fraction of sp³-hybridized carbons (Fsp3) is 0. The van der Waals surface area contributed by atoms with E-state index in [1.54, 1.807) is 6.20 Å². The Morgan fingerprint density at radius 2 is 1.69 bits per heavy atom. The molecule has 4 rings (SSSR count). The molecule has 0 unspecified atom stereocenters. The van der Waals surface area contributed by atoms with Crippen LogP contribution in [-0.2, 0) is 0 Å². The van der Waals surface area contributed by atoms with Gasteiger partial charge in [-0.3, -0.25) is 10.4 Å². The molecule has 0 radical (unpaired) electrons.